The SMILES string of the molecule is COc1cc(C(O)C(O)CCNC(C)=O)cc(C=O)c1O. The third-order valence-corrected chi connectivity index (χ3v) is 2.99. The first-order chi connectivity index (χ1) is 9.90. The average molecular weight is 297 g/mol. The zero-order valence-electron chi connectivity index (χ0n) is 11.9. The van der Waals surface area contributed by atoms with E-state index in [0.717, 1.165) is 0 Å². The Kier molecular flexibility index (Phi) is 6.13. The van der Waals surface area contributed by atoms with E-state index in [9.17, 15) is 24.9 Å². The number of aliphatic hydroxyl groups excluding tert-OH is 2. The Hall–Kier alpha value is -2.12. The maximum absolute atomic E-state index is 10.9. The van der Waals surface area contributed by atoms with E-state index in [2.05, 4.69) is 5.32 Å². The van der Waals surface area contributed by atoms with Gasteiger partial charge in [0.15, 0.2) is 17.8 Å². The molecule has 1 rings (SSSR count). The summed E-state index contributed by atoms with van der Waals surface area (Å²) in [6.07, 6.45) is -1.84. The number of carbonyl (C=O) groups is 2. The van der Waals surface area contributed by atoms with Gasteiger partial charge in [-0.25, -0.2) is 0 Å². The molecular weight excluding hydrogens is 278 g/mol. The van der Waals surface area contributed by atoms with Crippen molar-refractivity contribution in [1.82, 2.24) is 5.32 Å². The van der Waals surface area contributed by atoms with Crippen LogP contribution in [0.1, 0.15) is 35.4 Å². The van der Waals surface area contributed by atoms with Crippen LogP contribution in [0.5, 0.6) is 11.5 Å². The Morgan fingerprint density at radius 1 is 1.43 bits per heavy atom. The zero-order valence-corrected chi connectivity index (χ0v) is 11.9. The predicted molar refractivity (Wildman–Crippen MR) is 74.3 cm³/mol. The first-order valence-electron chi connectivity index (χ1n) is 6.37. The van der Waals surface area contributed by atoms with Crippen molar-refractivity contribution in [3.05, 3.63) is 23.3 Å². The minimum Gasteiger partial charge on any atom is -0.504 e. The van der Waals surface area contributed by atoms with Gasteiger partial charge < -0.3 is 25.4 Å². The van der Waals surface area contributed by atoms with Gasteiger partial charge in [0, 0.05) is 13.5 Å². The lowest BCUT2D eigenvalue weighted by atomic mass is 9.99. The molecule has 0 saturated heterocycles. The standard InChI is InChI=1S/C14H19NO6/c1-8(17)15-4-3-11(18)13(19)9-5-10(7-16)14(20)12(6-9)21-2/h5-7,11,13,18-20H,3-4H2,1-2H3,(H,15,17). The minimum absolute atomic E-state index is 0.0303. The monoisotopic (exact) mass is 297 g/mol. The number of nitrogens with one attached hydrogen (secondary N) is 1. The van der Waals surface area contributed by atoms with E-state index in [0.29, 0.717) is 6.29 Å². The summed E-state index contributed by atoms with van der Waals surface area (Å²) < 4.78 is 4.91. The third-order valence-electron chi connectivity index (χ3n) is 2.99. The molecule has 116 valence electrons. The van der Waals surface area contributed by atoms with Gasteiger partial charge >= 0.3 is 0 Å². The van der Waals surface area contributed by atoms with Gasteiger partial charge in [-0.2, -0.15) is 0 Å². The minimum atomic E-state index is -1.27. The summed E-state index contributed by atoms with van der Waals surface area (Å²) in [7, 11) is 1.31. The highest BCUT2D eigenvalue weighted by atomic mass is 16.5. The fourth-order valence-electron chi connectivity index (χ4n) is 1.84. The topological polar surface area (TPSA) is 116 Å². The van der Waals surface area contributed by atoms with Gasteiger partial charge in [-0.15, -0.1) is 0 Å². The second kappa shape index (κ2) is 7.61. The van der Waals surface area contributed by atoms with Crippen molar-refractivity contribution in [2.45, 2.75) is 25.6 Å². The van der Waals surface area contributed by atoms with E-state index in [1.807, 2.05) is 0 Å². The molecule has 2 unspecified atom stereocenters. The molecule has 7 heteroatoms. The number of aliphatic hydroxyl groups is 2. The second-order valence-electron chi connectivity index (χ2n) is 4.56. The molecule has 1 amide bonds. The number of amides is 1. The van der Waals surface area contributed by atoms with Crippen LogP contribution in [0.2, 0.25) is 0 Å². The Labute approximate surface area is 122 Å². The molecule has 1 aromatic rings. The third kappa shape index (κ3) is 4.44. The smallest absolute Gasteiger partial charge is 0.216 e. The average Bonchev–Trinajstić information content (AvgIpc) is 2.46. The zero-order chi connectivity index (χ0) is 16.0. The van der Waals surface area contributed by atoms with E-state index < -0.39 is 12.2 Å². The number of methoxy groups -OCH3 is 1. The van der Waals surface area contributed by atoms with Crippen molar-refractivity contribution in [1.29, 1.82) is 0 Å². The Morgan fingerprint density at radius 3 is 2.62 bits per heavy atom. The Bertz CT molecular complexity index is 516. The normalized spacial score (nSPS) is 13.3. The van der Waals surface area contributed by atoms with Crippen molar-refractivity contribution in [3.8, 4) is 11.5 Å². The van der Waals surface area contributed by atoms with E-state index in [1.54, 1.807) is 0 Å². The molecule has 21 heavy (non-hydrogen) atoms. The Balaban J connectivity index is 2.88. The highest BCUT2D eigenvalue weighted by Crippen LogP contribution is 2.33. The molecule has 0 heterocycles. The fraction of sp³-hybridized carbons (Fsp3) is 0.429. The first kappa shape index (κ1) is 16.9. The number of aromatic hydroxyl groups is 1. The van der Waals surface area contributed by atoms with E-state index in [4.69, 9.17) is 4.74 Å². The van der Waals surface area contributed by atoms with Gasteiger partial charge in [0.2, 0.25) is 5.91 Å². The van der Waals surface area contributed by atoms with Crippen molar-refractivity contribution in [2.24, 2.45) is 0 Å². The van der Waals surface area contributed by atoms with Crippen molar-refractivity contribution in [3.63, 3.8) is 0 Å². The van der Waals surface area contributed by atoms with Gasteiger partial charge in [0.25, 0.3) is 0 Å². The van der Waals surface area contributed by atoms with Gasteiger partial charge in [0.1, 0.15) is 6.10 Å². The molecule has 7 nitrogen and oxygen atoms in total. The van der Waals surface area contributed by atoms with Crippen LogP contribution in [0.3, 0.4) is 0 Å². The summed E-state index contributed by atoms with van der Waals surface area (Å²) in [6.45, 7) is 1.56. The number of hydrogen-bond acceptors (Lipinski definition) is 6. The van der Waals surface area contributed by atoms with Crippen molar-refractivity contribution in [2.75, 3.05) is 13.7 Å². The van der Waals surface area contributed by atoms with Crippen LogP contribution in [-0.2, 0) is 4.79 Å². The molecule has 0 aromatic heterocycles. The molecule has 0 fully saturated rings. The quantitative estimate of drug-likeness (QED) is 0.532. The van der Waals surface area contributed by atoms with Crippen LogP contribution in [0.4, 0.5) is 0 Å². The highest BCUT2D eigenvalue weighted by Gasteiger charge is 2.21. The first-order valence-corrected chi connectivity index (χ1v) is 6.37. The molecule has 0 aliphatic heterocycles. The maximum Gasteiger partial charge on any atom is 0.216 e. The molecule has 0 spiro atoms. The summed E-state index contributed by atoms with van der Waals surface area (Å²) in [5.41, 5.74) is 0.194. The number of rotatable bonds is 7. The summed E-state index contributed by atoms with van der Waals surface area (Å²) >= 11 is 0. The van der Waals surface area contributed by atoms with Gasteiger partial charge in [-0.3, -0.25) is 9.59 Å². The number of aldehydes is 1. The number of hydrogen-bond donors (Lipinski definition) is 4. The lowest BCUT2D eigenvalue weighted by Gasteiger charge is -2.19. The summed E-state index contributed by atoms with van der Waals surface area (Å²) in [6, 6.07) is 2.62. The molecule has 0 radical (unpaired) electrons. The number of phenols is 1. The summed E-state index contributed by atoms with van der Waals surface area (Å²) in [4.78, 5) is 21.6. The van der Waals surface area contributed by atoms with Crippen LogP contribution in [0.25, 0.3) is 0 Å². The summed E-state index contributed by atoms with van der Waals surface area (Å²) in [5.74, 6) is -0.523. The van der Waals surface area contributed by atoms with Crippen LogP contribution >= 0.6 is 0 Å². The lowest BCUT2D eigenvalue weighted by Crippen LogP contribution is -2.27. The molecule has 0 aliphatic rings. The van der Waals surface area contributed by atoms with Crippen molar-refractivity contribution < 1.29 is 29.6 Å². The van der Waals surface area contributed by atoms with Crippen molar-refractivity contribution >= 4 is 12.2 Å². The molecular formula is C14H19NO6. The van der Waals surface area contributed by atoms with Crippen LogP contribution < -0.4 is 10.1 Å². The van der Waals surface area contributed by atoms with Crippen LogP contribution in [-0.4, -0.2) is 47.3 Å². The predicted octanol–water partition coefficient (Wildman–Crippen LogP) is 0.134. The number of benzene rings is 1. The van der Waals surface area contributed by atoms with E-state index in [-0.39, 0.29) is 41.5 Å². The molecule has 0 saturated carbocycles. The fourth-order valence-corrected chi connectivity index (χ4v) is 1.84. The Morgan fingerprint density at radius 2 is 2.10 bits per heavy atom. The second-order valence-corrected chi connectivity index (χ2v) is 4.56. The number of carbonyl (C=O) groups excluding carboxylic acids is 2. The van der Waals surface area contributed by atoms with Gasteiger partial charge in [0.05, 0.1) is 18.8 Å². The highest BCUT2D eigenvalue weighted by molar-refractivity contribution is 5.81. The lowest BCUT2D eigenvalue weighted by molar-refractivity contribution is -0.119. The largest absolute Gasteiger partial charge is 0.504 e. The van der Waals surface area contributed by atoms with E-state index in [1.165, 1.54) is 26.2 Å². The maximum atomic E-state index is 10.9. The van der Waals surface area contributed by atoms with Crippen LogP contribution in [0.15, 0.2) is 12.1 Å². The molecule has 2 atom stereocenters. The molecule has 0 aliphatic carbocycles. The molecule has 4 N–H and O–H groups in total. The van der Waals surface area contributed by atoms with E-state index >= 15 is 0 Å². The molecule has 1 aromatic carbocycles. The van der Waals surface area contributed by atoms with Gasteiger partial charge in [-0.1, -0.05) is 0 Å². The van der Waals surface area contributed by atoms with Gasteiger partial charge in [-0.05, 0) is 24.1 Å². The van der Waals surface area contributed by atoms with Crippen LogP contribution in [0, 0.1) is 0 Å². The number of ether oxygens (including phenoxy) is 1. The number of phenolic OH excluding ortho intramolecular Hbond substituents is 1. The summed E-state index contributed by atoms with van der Waals surface area (Å²) in [5, 5.41) is 32.2. The molecule has 0 bridgehead atoms.